The number of nitrogens with two attached hydrogens (primary N) is 1. The van der Waals surface area contributed by atoms with Crippen molar-refractivity contribution in [2.75, 3.05) is 18.0 Å². The van der Waals surface area contributed by atoms with E-state index in [2.05, 4.69) is 9.88 Å². The second-order valence-corrected chi connectivity index (χ2v) is 3.55. The van der Waals surface area contributed by atoms with Crippen molar-refractivity contribution in [3.05, 3.63) is 24.5 Å². The van der Waals surface area contributed by atoms with Crippen LogP contribution in [0.15, 0.2) is 24.5 Å². The van der Waals surface area contributed by atoms with Gasteiger partial charge in [0.15, 0.2) is 0 Å². The van der Waals surface area contributed by atoms with Gasteiger partial charge < -0.3 is 10.6 Å². The Morgan fingerprint density at radius 1 is 1.64 bits per heavy atom. The van der Waals surface area contributed by atoms with Crippen LogP contribution < -0.4 is 10.6 Å². The topological polar surface area (TPSA) is 59.2 Å². The molecule has 1 unspecified atom stereocenters. The van der Waals surface area contributed by atoms with Crippen LogP contribution in [0.5, 0.6) is 0 Å². The second-order valence-electron chi connectivity index (χ2n) is 3.55. The first-order valence-corrected chi connectivity index (χ1v) is 4.71. The molecular formula is C10H13N3O. The van der Waals surface area contributed by atoms with E-state index < -0.39 is 0 Å². The van der Waals surface area contributed by atoms with E-state index in [-0.39, 0.29) is 11.8 Å². The molecule has 1 aliphatic rings. The number of primary amides is 1. The van der Waals surface area contributed by atoms with E-state index in [1.54, 1.807) is 6.20 Å². The fraction of sp³-hybridized carbons (Fsp3) is 0.400. The van der Waals surface area contributed by atoms with Crippen LogP contribution >= 0.6 is 0 Å². The van der Waals surface area contributed by atoms with E-state index >= 15 is 0 Å². The number of anilines is 1. The zero-order chi connectivity index (χ0) is 9.97. The number of hydrogen-bond donors (Lipinski definition) is 1. The molecule has 0 bridgehead atoms. The van der Waals surface area contributed by atoms with Crippen LogP contribution in [0.2, 0.25) is 0 Å². The molecule has 0 aromatic carbocycles. The Balaban J connectivity index is 2.06. The first-order valence-electron chi connectivity index (χ1n) is 4.71. The first kappa shape index (κ1) is 8.99. The number of rotatable bonds is 2. The molecule has 0 aliphatic carbocycles. The fourth-order valence-corrected chi connectivity index (χ4v) is 1.77. The van der Waals surface area contributed by atoms with Crippen LogP contribution in [0.4, 0.5) is 5.69 Å². The zero-order valence-electron chi connectivity index (χ0n) is 7.89. The Morgan fingerprint density at radius 2 is 2.50 bits per heavy atom. The van der Waals surface area contributed by atoms with Crippen molar-refractivity contribution in [2.45, 2.75) is 6.42 Å². The summed E-state index contributed by atoms with van der Waals surface area (Å²) < 4.78 is 0. The minimum absolute atomic E-state index is 0.00444. The maximum atomic E-state index is 11.0. The van der Waals surface area contributed by atoms with Gasteiger partial charge in [0, 0.05) is 19.3 Å². The normalized spacial score (nSPS) is 21.1. The van der Waals surface area contributed by atoms with E-state index in [1.165, 1.54) is 0 Å². The molecule has 1 atom stereocenters. The SMILES string of the molecule is NC(=O)C1CCN(c2cccnc2)C1. The molecule has 2 heterocycles. The van der Waals surface area contributed by atoms with E-state index in [0.29, 0.717) is 0 Å². The minimum atomic E-state index is -0.198. The summed E-state index contributed by atoms with van der Waals surface area (Å²) >= 11 is 0. The van der Waals surface area contributed by atoms with Gasteiger partial charge in [0.25, 0.3) is 0 Å². The van der Waals surface area contributed by atoms with E-state index in [0.717, 1.165) is 25.2 Å². The lowest BCUT2D eigenvalue weighted by Crippen LogP contribution is -2.27. The fourth-order valence-electron chi connectivity index (χ4n) is 1.77. The Labute approximate surface area is 82.7 Å². The molecule has 1 fully saturated rings. The third-order valence-corrected chi connectivity index (χ3v) is 2.60. The molecule has 1 aliphatic heterocycles. The summed E-state index contributed by atoms with van der Waals surface area (Å²) in [6, 6.07) is 3.89. The number of carbonyl (C=O) groups is 1. The largest absolute Gasteiger partial charge is 0.369 e. The summed E-state index contributed by atoms with van der Waals surface area (Å²) in [5, 5.41) is 0. The Bertz CT molecular complexity index is 325. The van der Waals surface area contributed by atoms with Crippen molar-refractivity contribution in [3.63, 3.8) is 0 Å². The molecule has 2 rings (SSSR count). The predicted octanol–water partition coefficient (Wildman–Crippen LogP) is 0.393. The Morgan fingerprint density at radius 3 is 3.07 bits per heavy atom. The smallest absolute Gasteiger partial charge is 0.222 e. The van der Waals surface area contributed by atoms with Gasteiger partial charge in [-0.3, -0.25) is 9.78 Å². The van der Waals surface area contributed by atoms with Gasteiger partial charge >= 0.3 is 0 Å². The summed E-state index contributed by atoms with van der Waals surface area (Å²) in [6.45, 7) is 1.61. The Hall–Kier alpha value is -1.58. The average molecular weight is 191 g/mol. The van der Waals surface area contributed by atoms with Crippen molar-refractivity contribution < 1.29 is 4.79 Å². The van der Waals surface area contributed by atoms with Crippen molar-refractivity contribution >= 4 is 11.6 Å². The van der Waals surface area contributed by atoms with Crippen molar-refractivity contribution in [2.24, 2.45) is 11.7 Å². The highest BCUT2D eigenvalue weighted by atomic mass is 16.1. The van der Waals surface area contributed by atoms with Crippen LogP contribution in [0.1, 0.15) is 6.42 Å². The number of nitrogens with zero attached hydrogens (tertiary/aromatic N) is 2. The van der Waals surface area contributed by atoms with Crippen LogP contribution in [-0.2, 0) is 4.79 Å². The molecular weight excluding hydrogens is 178 g/mol. The van der Waals surface area contributed by atoms with E-state index in [9.17, 15) is 4.79 Å². The van der Waals surface area contributed by atoms with Crippen molar-refractivity contribution in [3.8, 4) is 0 Å². The summed E-state index contributed by atoms with van der Waals surface area (Å²) in [5.74, 6) is -0.202. The molecule has 14 heavy (non-hydrogen) atoms. The summed E-state index contributed by atoms with van der Waals surface area (Å²) in [4.78, 5) is 17.1. The molecule has 4 heteroatoms. The number of hydrogen-bond acceptors (Lipinski definition) is 3. The van der Waals surface area contributed by atoms with Gasteiger partial charge in [-0.25, -0.2) is 0 Å². The lowest BCUT2D eigenvalue weighted by atomic mass is 10.1. The maximum Gasteiger partial charge on any atom is 0.222 e. The lowest BCUT2D eigenvalue weighted by molar-refractivity contribution is -0.121. The minimum Gasteiger partial charge on any atom is -0.369 e. The molecule has 1 aromatic heterocycles. The highest BCUT2D eigenvalue weighted by molar-refractivity contribution is 5.78. The maximum absolute atomic E-state index is 11.0. The van der Waals surface area contributed by atoms with Gasteiger partial charge in [0.05, 0.1) is 17.8 Å². The zero-order valence-corrected chi connectivity index (χ0v) is 7.89. The van der Waals surface area contributed by atoms with Crippen LogP contribution in [0, 0.1) is 5.92 Å². The van der Waals surface area contributed by atoms with Gasteiger partial charge in [-0.1, -0.05) is 0 Å². The highest BCUT2D eigenvalue weighted by Crippen LogP contribution is 2.22. The number of amides is 1. The Kier molecular flexibility index (Phi) is 2.35. The monoisotopic (exact) mass is 191 g/mol. The second kappa shape index (κ2) is 3.65. The van der Waals surface area contributed by atoms with Gasteiger partial charge in [-0.15, -0.1) is 0 Å². The van der Waals surface area contributed by atoms with Crippen LogP contribution in [-0.4, -0.2) is 24.0 Å². The molecule has 4 nitrogen and oxygen atoms in total. The number of aromatic nitrogens is 1. The number of carbonyl (C=O) groups excluding carboxylic acids is 1. The standard InChI is InChI=1S/C10H13N3O/c11-10(14)8-3-5-13(7-8)9-2-1-4-12-6-9/h1-2,4,6,8H,3,5,7H2,(H2,11,14). The molecule has 74 valence electrons. The highest BCUT2D eigenvalue weighted by Gasteiger charge is 2.26. The first-order chi connectivity index (χ1) is 6.77. The lowest BCUT2D eigenvalue weighted by Gasteiger charge is -2.17. The van der Waals surface area contributed by atoms with Gasteiger partial charge in [0.1, 0.15) is 0 Å². The molecule has 0 saturated carbocycles. The third kappa shape index (κ3) is 1.69. The molecule has 1 aromatic rings. The molecule has 1 saturated heterocycles. The van der Waals surface area contributed by atoms with Crippen LogP contribution in [0.25, 0.3) is 0 Å². The van der Waals surface area contributed by atoms with E-state index in [4.69, 9.17) is 5.73 Å². The number of pyridine rings is 1. The predicted molar refractivity (Wildman–Crippen MR) is 53.8 cm³/mol. The van der Waals surface area contributed by atoms with Crippen LogP contribution in [0.3, 0.4) is 0 Å². The van der Waals surface area contributed by atoms with Gasteiger partial charge in [0.2, 0.25) is 5.91 Å². The molecule has 1 amide bonds. The third-order valence-electron chi connectivity index (χ3n) is 2.60. The summed E-state index contributed by atoms with van der Waals surface area (Å²) in [6.07, 6.45) is 4.40. The molecule has 0 radical (unpaired) electrons. The molecule has 2 N–H and O–H groups in total. The molecule has 0 spiro atoms. The van der Waals surface area contributed by atoms with Crippen molar-refractivity contribution in [1.82, 2.24) is 4.98 Å². The van der Waals surface area contributed by atoms with E-state index in [1.807, 2.05) is 18.3 Å². The average Bonchev–Trinajstić information content (AvgIpc) is 2.68. The summed E-state index contributed by atoms with van der Waals surface area (Å²) in [7, 11) is 0. The van der Waals surface area contributed by atoms with Crippen molar-refractivity contribution in [1.29, 1.82) is 0 Å². The van der Waals surface area contributed by atoms with Gasteiger partial charge in [-0.05, 0) is 18.6 Å². The quantitative estimate of drug-likeness (QED) is 0.735. The summed E-state index contributed by atoms with van der Waals surface area (Å²) in [5.41, 5.74) is 6.32. The van der Waals surface area contributed by atoms with Gasteiger partial charge in [-0.2, -0.15) is 0 Å².